The van der Waals surface area contributed by atoms with E-state index in [4.69, 9.17) is 85.3 Å². The van der Waals surface area contributed by atoms with E-state index in [0.29, 0.717) is 0 Å². The summed E-state index contributed by atoms with van der Waals surface area (Å²) in [5, 5.41) is 305. The van der Waals surface area contributed by atoms with Gasteiger partial charge in [0.25, 0.3) is 0 Å². The number of ether oxygens (including phenoxy) is 18. The monoisotopic (exact) mass is 1500 g/mol. The van der Waals surface area contributed by atoms with Crippen molar-refractivity contribution in [2.24, 2.45) is 0 Å². The summed E-state index contributed by atoms with van der Waals surface area (Å²) in [6.07, 6.45) is -93.5. The molecule has 9 heterocycles. The summed E-state index contributed by atoms with van der Waals surface area (Å²) in [5.41, 5.74) is 0. The molecule has 0 aromatic rings. The van der Waals surface area contributed by atoms with Crippen molar-refractivity contribution in [2.75, 3.05) is 66.1 Å². The van der Waals surface area contributed by atoms with Crippen molar-refractivity contribution in [3.63, 3.8) is 0 Å². The van der Waals surface area contributed by atoms with Crippen LogP contribution in [-0.2, 0) is 85.3 Å². The number of hydrogen-bond acceptors (Lipinski definition) is 46. The highest BCUT2D eigenvalue weighted by Gasteiger charge is 2.63. The van der Waals surface area contributed by atoms with Gasteiger partial charge in [-0.05, 0) is 6.92 Å². The van der Waals surface area contributed by atoms with E-state index < -0.39 is 336 Å². The van der Waals surface area contributed by atoms with Crippen LogP contribution in [0.1, 0.15) is 6.92 Å². The molecule has 46 heteroatoms. The van der Waals surface area contributed by atoms with Gasteiger partial charge in [0.15, 0.2) is 56.6 Å². The Labute approximate surface area is 576 Å². The van der Waals surface area contributed by atoms with Gasteiger partial charge in [-0.25, -0.2) is 0 Å². The van der Waals surface area contributed by atoms with Crippen LogP contribution in [0.5, 0.6) is 0 Å². The van der Waals surface area contributed by atoms with Crippen LogP contribution in [0.3, 0.4) is 0 Å². The molecular formula is C56H96O46. The fourth-order valence-electron chi connectivity index (χ4n) is 13.3. The molecule has 0 aromatic carbocycles. The zero-order valence-electron chi connectivity index (χ0n) is 53.9. The van der Waals surface area contributed by atoms with Crippen LogP contribution in [0.25, 0.3) is 0 Å². The van der Waals surface area contributed by atoms with Crippen molar-refractivity contribution >= 4 is 0 Å². The van der Waals surface area contributed by atoms with Crippen molar-refractivity contribution in [1.29, 1.82) is 0 Å². The van der Waals surface area contributed by atoms with Crippen molar-refractivity contribution in [2.45, 2.75) is 283 Å². The van der Waals surface area contributed by atoms with Crippen molar-refractivity contribution in [3.05, 3.63) is 0 Å². The van der Waals surface area contributed by atoms with Gasteiger partial charge in [0.05, 0.1) is 59.5 Å². The summed E-state index contributed by atoms with van der Waals surface area (Å²) in [4.78, 5) is 0. The van der Waals surface area contributed by atoms with Crippen LogP contribution in [0, 0.1) is 0 Å². The summed E-state index contributed by atoms with van der Waals surface area (Å²) in [7, 11) is 0. The molecule has 0 spiro atoms. The minimum absolute atomic E-state index is 0.156. The van der Waals surface area contributed by atoms with Gasteiger partial charge >= 0.3 is 0 Å². The topological polar surface area (TPSA) is 733 Å². The lowest BCUT2D eigenvalue weighted by atomic mass is 9.96. The van der Waals surface area contributed by atoms with E-state index in [0.717, 1.165) is 0 Å². The average molecular weight is 1510 g/mol. The first kappa shape index (κ1) is 84.2. The van der Waals surface area contributed by atoms with E-state index in [1.54, 1.807) is 0 Å². The second-order valence-electron chi connectivity index (χ2n) is 25.6. The second-order valence-corrected chi connectivity index (χ2v) is 25.6. The van der Waals surface area contributed by atoms with Crippen LogP contribution in [0.4, 0.5) is 0 Å². The minimum atomic E-state index is -2.54. The molecule has 9 saturated heterocycles. The normalized spacial score (nSPS) is 51.3. The Balaban J connectivity index is 1.02. The quantitative estimate of drug-likeness (QED) is 0.0318. The molecule has 46 nitrogen and oxygen atoms in total. The minimum Gasteiger partial charge on any atom is -0.394 e. The Kier molecular flexibility index (Phi) is 30.4. The summed E-state index contributed by atoms with van der Waals surface area (Å²) >= 11 is 0. The van der Waals surface area contributed by atoms with Crippen LogP contribution in [0.15, 0.2) is 0 Å². The molecule has 9 aliphatic heterocycles. The third-order valence-corrected chi connectivity index (χ3v) is 19.0. The highest BCUT2D eigenvalue weighted by atomic mass is 16.8. The van der Waals surface area contributed by atoms with E-state index in [-0.39, 0.29) is 6.61 Å². The maximum absolute atomic E-state index is 12.5. The Morgan fingerprint density at radius 3 is 0.745 bits per heavy atom. The summed E-state index contributed by atoms with van der Waals surface area (Å²) < 4.78 is 105. The molecule has 9 fully saturated rings. The van der Waals surface area contributed by atoms with Gasteiger partial charge in [-0.15, -0.1) is 0 Å². The predicted molar refractivity (Wildman–Crippen MR) is 306 cm³/mol. The Bertz CT molecular complexity index is 2490. The molecule has 9 rings (SSSR count). The lowest BCUT2D eigenvalue weighted by Crippen LogP contribution is -2.66. The van der Waals surface area contributed by atoms with Gasteiger partial charge in [-0.1, -0.05) is 0 Å². The molecule has 0 saturated carbocycles. The first-order valence-corrected chi connectivity index (χ1v) is 32.7. The largest absolute Gasteiger partial charge is 0.394 e. The zero-order chi connectivity index (χ0) is 74.8. The lowest BCUT2D eigenvalue weighted by molar-refractivity contribution is -0.381. The summed E-state index contributed by atoms with van der Waals surface area (Å²) in [5.74, 6) is 0. The van der Waals surface area contributed by atoms with Crippen molar-refractivity contribution < 1.29 is 228 Å². The highest BCUT2D eigenvalue weighted by Crippen LogP contribution is 2.42. The van der Waals surface area contributed by atoms with Crippen molar-refractivity contribution in [1.82, 2.24) is 0 Å². The zero-order valence-corrected chi connectivity index (χ0v) is 53.9. The third kappa shape index (κ3) is 17.3. The van der Waals surface area contributed by atoms with Gasteiger partial charge in [0.1, 0.15) is 220 Å². The molecular weight excluding hydrogens is 1410 g/mol. The van der Waals surface area contributed by atoms with Gasteiger partial charge in [0, 0.05) is 6.61 Å². The van der Waals surface area contributed by atoms with E-state index in [1.807, 2.05) is 0 Å². The number of rotatable bonds is 30. The fourth-order valence-corrected chi connectivity index (χ4v) is 13.3. The fraction of sp³-hybridized carbons (Fsp3) is 1.00. The van der Waals surface area contributed by atoms with Crippen molar-refractivity contribution in [3.8, 4) is 0 Å². The molecule has 0 amide bonds. The molecule has 28 N–H and O–H groups in total. The highest BCUT2D eigenvalue weighted by molar-refractivity contribution is 5.04. The van der Waals surface area contributed by atoms with E-state index in [2.05, 4.69) is 0 Å². The van der Waals surface area contributed by atoms with E-state index >= 15 is 0 Å². The molecule has 15 unspecified atom stereocenters. The average Bonchev–Trinajstić information content (AvgIpc) is 1.48. The Hall–Kier alpha value is -1.84. The molecule has 0 aliphatic carbocycles. The Morgan fingerprint density at radius 1 is 0.225 bits per heavy atom. The summed E-state index contributed by atoms with van der Waals surface area (Å²) in [6, 6.07) is 0. The first-order chi connectivity index (χ1) is 48.5. The van der Waals surface area contributed by atoms with E-state index in [1.165, 1.54) is 6.92 Å². The molecule has 102 heavy (non-hydrogen) atoms. The van der Waals surface area contributed by atoms with Crippen LogP contribution in [-0.4, -0.2) is 485 Å². The van der Waals surface area contributed by atoms with Gasteiger partial charge < -0.3 is 228 Å². The van der Waals surface area contributed by atoms with Crippen LogP contribution in [0.2, 0.25) is 0 Å². The molecule has 45 atom stereocenters. The number of aliphatic hydroxyl groups is 28. The van der Waals surface area contributed by atoms with E-state index in [9.17, 15) is 143 Å². The second kappa shape index (κ2) is 36.8. The Morgan fingerprint density at radius 2 is 0.441 bits per heavy atom. The lowest BCUT2D eigenvalue weighted by Gasteiger charge is -2.48. The van der Waals surface area contributed by atoms with Crippen LogP contribution >= 0.6 is 0 Å². The van der Waals surface area contributed by atoms with Gasteiger partial charge in [-0.3, -0.25) is 0 Å². The molecule has 9 aliphatic rings. The van der Waals surface area contributed by atoms with Crippen LogP contribution < -0.4 is 0 Å². The molecule has 0 bridgehead atoms. The molecule has 596 valence electrons. The number of hydrogen-bond donors (Lipinski definition) is 28. The van der Waals surface area contributed by atoms with Gasteiger partial charge in [0.2, 0.25) is 0 Å². The maximum atomic E-state index is 12.5. The maximum Gasteiger partial charge on any atom is 0.187 e. The number of aliphatic hydroxyl groups excluding tert-OH is 28. The third-order valence-electron chi connectivity index (χ3n) is 19.0. The predicted octanol–water partition coefficient (Wildman–Crippen LogP) is -19.6. The molecule has 0 aromatic heterocycles. The smallest absolute Gasteiger partial charge is 0.187 e. The first-order valence-electron chi connectivity index (χ1n) is 32.7. The van der Waals surface area contributed by atoms with Gasteiger partial charge in [-0.2, -0.15) is 0 Å². The molecule has 0 radical (unpaired) electrons. The summed E-state index contributed by atoms with van der Waals surface area (Å²) in [6.45, 7) is -8.58. The standard InChI is InChI=1S/C56H96O46/c1-2-85-48-32(80)45(40(18(9-63)89-48)95-49-28(76)24(72)21(69)15(6-60)86-49)101-55-33(81)43(38(93-55)13(67)4-58)99-54-36(84)47(42(20(11-65)91-54)97-51-30(78)26(74)23(71)17(8-62)88-51)102-56-34(82)44(39(94-56)14(68)5-59)98-53-35(83)46(100-52-31(79)27(75)37(92-52)12(66)3-57)41(19(10-64)90-53)96-50-29(77)25(73)22(70)16(7-61)87-50/h12-84H,2-11H2,1H3/t12-,13-,14-,15?,16?,17?,18?,19?,20?,21+,22+,23+,24+,25+,26+,27+,28?,29?,30?,31?,32?,33?,34?,35?,36?,37+,38+,39+,40+,41+,42+,43+,44+,45-,46-,47-,48+,49-,50-,51-,52+,53-,54-,55+,56+/m1/s1. The SMILES string of the molecule is CCO[C@H]1OC(CO)[C@H](O[C@H]2OC(CO)[C@H](O)[C@H](O)C2O)[C@H](O[C@@H]2O[C@@H]([C@H](O)CO)[C@@H](O[C@H]3OC(CO)[C@H](O[C@H]4OC(CO)[C@H](O)[C@H](O)C4O)[C@H](O[C@@H]4O[C@@H]([C@H](O)CO)[C@@H](O[C@H]5OC(CO)[C@H](O[C@H]6OC(CO)[C@H](O)[C@H](O)C6O)[C@H](O[C@@H]6O[C@@H]([C@H](O)CO)[C@@H](O)C6O)C5O)C4O)C3O)C2O)C1O.